The molecule has 0 amide bonds. The van der Waals surface area contributed by atoms with Gasteiger partial charge in [-0.05, 0) is 44.4 Å². The summed E-state index contributed by atoms with van der Waals surface area (Å²) in [4.78, 5) is 0. The third kappa shape index (κ3) is 3.35. The first-order valence-electron chi connectivity index (χ1n) is 5.05. The average Bonchev–Trinajstić information content (AvgIpc) is 2.15. The Morgan fingerprint density at radius 1 is 1.57 bits per heavy atom. The molecule has 0 heterocycles. The van der Waals surface area contributed by atoms with Crippen LogP contribution in [0.15, 0.2) is 24.0 Å². The van der Waals surface area contributed by atoms with E-state index in [1.807, 2.05) is 25.2 Å². The van der Waals surface area contributed by atoms with Crippen molar-refractivity contribution in [1.82, 2.24) is 0 Å². The molecule has 0 aromatic rings. The molecular formula is C11H18ClNO. The number of ether oxygens (including phenoxy) is 1. The lowest BCUT2D eigenvalue weighted by atomic mass is 9.82. The average molecular weight is 216 g/mol. The number of hydrogen-bond acceptors (Lipinski definition) is 2. The number of rotatable bonds is 5. The van der Waals surface area contributed by atoms with Crippen molar-refractivity contribution < 1.29 is 4.74 Å². The van der Waals surface area contributed by atoms with E-state index in [9.17, 15) is 0 Å². The zero-order valence-electron chi connectivity index (χ0n) is 8.58. The van der Waals surface area contributed by atoms with Crippen LogP contribution in [0.25, 0.3) is 0 Å². The van der Waals surface area contributed by atoms with Crippen LogP contribution in [0.5, 0.6) is 0 Å². The molecule has 0 spiro atoms. The summed E-state index contributed by atoms with van der Waals surface area (Å²) < 4.78 is 5.73. The second-order valence-corrected chi connectivity index (χ2v) is 3.87. The fourth-order valence-corrected chi connectivity index (χ4v) is 1.61. The summed E-state index contributed by atoms with van der Waals surface area (Å²) in [6, 6.07) is 0. The van der Waals surface area contributed by atoms with E-state index < -0.39 is 0 Å². The van der Waals surface area contributed by atoms with Gasteiger partial charge in [-0.25, -0.2) is 0 Å². The van der Waals surface area contributed by atoms with Crippen molar-refractivity contribution in [3.8, 4) is 0 Å². The molecule has 0 bridgehead atoms. The third-order valence-electron chi connectivity index (χ3n) is 2.48. The smallest absolute Gasteiger partial charge is 0.115 e. The van der Waals surface area contributed by atoms with Crippen LogP contribution in [0.1, 0.15) is 19.8 Å². The Balaban J connectivity index is 2.26. The Morgan fingerprint density at radius 3 is 2.79 bits per heavy atom. The minimum atomic E-state index is 0.356. The van der Waals surface area contributed by atoms with Gasteiger partial charge in [-0.2, -0.15) is 0 Å². The maximum atomic E-state index is 5.73. The number of allylic oxidation sites excluding steroid dienone is 3. The summed E-state index contributed by atoms with van der Waals surface area (Å²) in [6.07, 6.45) is 8.29. The highest BCUT2D eigenvalue weighted by Gasteiger charge is 2.29. The Hall–Kier alpha value is -0.470. The molecule has 0 atom stereocenters. The van der Waals surface area contributed by atoms with Crippen molar-refractivity contribution in [2.75, 3.05) is 12.4 Å². The maximum Gasteiger partial charge on any atom is 0.115 e. The van der Waals surface area contributed by atoms with E-state index in [4.69, 9.17) is 22.1 Å². The zero-order chi connectivity index (χ0) is 10.4. The lowest BCUT2D eigenvalue weighted by Gasteiger charge is -2.34. The van der Waals surface area contributed by atoms with Crippen LogP contribution in [0.2, 0.25) is 0 Å². The summed E-state index contributed by atoms with van der Waals surface area (Å²) in [6.45, 7) is 2.75. The zero-order valence-corrected chi connectivity index (χ0v) is 9.33. The molecule has 0 saturated heterocycles. The molecule has 80 valence electrons. The van der Waals surface area contributed by atoms with E-state index in [2.05, 4.69) is 0 Å². The van der Waals surface area contributed by atoms with Gasteiger partial charge in [-0.3, -0.25) is 0 Å². The predicted octanol–water partition coefficient (Wildman–Crippen LogP) is 2.44. The number of hydrogen-bond donors (Lipinski definition) is 1. The van der Waals surface area contributed by atoms with Crippen molar-refractivity contribution >= 4 is 11.6 Å². The van der Waals surface area contributed by atoms with Gasteiger partial charge >= 0.3 is 0 Å². The maximum absolute atomic E-state index is 5.73. The first kappa shape index (κ1) is 11.6. The Labute approximate surface area is 90.8 Å². The van der Waals surface area contributed by atoms with Crippen LogP contribution < -0.4 is 5.73 Å². The highest BCUT2D eigenvalue weighted by molar-refractivity contribution is 6.18. The molecule has 2 nitrogen and oxygen atoms in total. The van der Waals surface area contributed by atoms with E-state index in [1.54, 1.807) is 0 Å². The first-order valence-corrected chi connectivity index (χ1v) is 5.59. The van der Waals surface area contributed by atoms with E-state index in [1.165, 1.54) is 0 Å². The number of nitrogens with two attached hydrogens (primary N) is 1. The van der Waals surface area contributed by atoms with Gasteiger partial charge in [-0.15, -0.1) is 11.6 Å². The molecule has 0 radical (unpaired) electrons. The van der Waals surface area contributed by atoms with E-state index in [-0.39, 0.29) is 0 Å². The van der Waals surface area contributed by atoms with Crippen molar-refractivity contribution in [1.29, 1.82) is 0 Å². The molecule has 3 heteroatoms. The summed E-state index contributed by atoms with van der Waals surface area (Å²) >= 11 is 5.55. The highest BCUT2D eigenvalue weighted by Crippen LogP contribution is 2.30. The summed E-state index contributed by atoms with van der Waals surface area (Å²) in [5.41, 5.74) is 5.54. The molecule has 2 N–H and O–H groups in total. The van der Waals surface area contributed by atoms with Crippen LogP contribution in [-0.4, -0.2) is 18.5 Å². The Morgan fingerprint density at radius 2 is 2.29 bits per heavy atom. The van der Waals surface area contributed by atoms with Gasteiger partial charge in [0.05, 0.1) is 6.10 Å². The molecule has 14 heavy (non-hydrogen) atoms. The van der Waals surface area contributed by atoms with Gasteiger partial charge in [0.15, 0.2) is 0 Å². The SMILES string of the molecule is C/C=C(\C=C/CCl)O[C@H]1C[C@H](CN)C1. The molecular weight excluding hydrogens is 198 g/mol. The van der Waals surface area contributed by atoms with Gasteiger partial charge in [0.1, 0.15) is 5.76 Å². The topological polar surface area (TPSA) is 35.2 Å². The minimum Gasteiger partial charge on any atom is -0.491 e. The molecule has 0 aromatic heterocycles. The second kappa shape index (κ2) is 6.10. The lowest BCUT2D eigenvalue weighted by molar-refractivity contribution is 0.0192. The predicted molar refractivity (Wildman–Crippen MR) is 60.3 cm³/mol. The molecule has 1 aliphatic carbocycles. The Bertz CT molecular complexity index is 219. The summed E-state index contributed by atoms with van der Waals surface area (Å²) in [5, 5.41) is 0. The van der Waals surface area contributed by atoms with Crippen molar-refractivity contribution in [3.05, 3.63) is 24.0 Å². The summed E-state index contributed by atoms with van der Waals surface area (Å²) in [7, 11) is 0. The highest BCUT2D eigenvalue weighted by atomic mass is 35.5. The molecule has 0 aliphatic heterocycles. The summed E-state index contributed by atoms with van der Waals surface area (Å²) in [5.74, 6) is 2.10. The fourth-order valence-electron chi connectivity index (χ4n) is 1.52. The Kier molecular flexibility index (Phi) is 5.05. The van der Waals surface area contributed by atoms with Crippen LogP contribution >= 0.6 is 11.6 Å². The van der Waals surface area contributed by atoms with Gasteiger partial charge < -0.3 is 10.5 Å². The van der Waals surface area contributed by atoms with Crippen LogP contribution in [0.3, 0.4) is 0 Å². The normalized spacial score (nSPS) is 27.8. The van der Waals surface area contributed by atoms with Gasteiger partial charge in [0.2, 0.25) is 0 Å². The van der Waals surface area contributed by atoms with Crippen LogP contribution in [0, 0.1) is 5.92 Å². The monoisotopic (exact) mass is 215 g/mol. The molecule has 1 fully saturated rings. The minimum absolute atomic E-state index is 0.356. The fraction of sp³-hybridized carbons (Fsp3) is 0.636. The van der Waals surface area contributed by atoms with Crippen molar-refractivity contribution in [2.24, 2.45) is 11.7 Å². The quantitative estimate of drug-likeness (QED) is 0.434. The number of alkyl halides is 1. The largest absolute Gasteiger partial charge is 0.491 e. The van der Waals surface area contributed by atoms with Gasteiger partial charge in [0, 0.05) is 5.88 Å². The van der Waals surface area contributed by atoms with Crippen LogP contribution in [-0.2, 0) is 4.74 Å². The lowest BCUT2D eigenvalue weighted by Crippen LogP contribution is -2.35. The van der Waals surface area contributed by atoms with E-state index in [0.717, 1.165) is 25.1 Å². The van der Waals surface area contributed by atoms with Crippen molar-refractivity contribution in [3.63, 3.8) is 0 Å². The first-order chi connectivity index (χ1) is 6.80. The van der Waals surface area contributed by atoms with Gasteiger partial charge in [-0.1, -0.05) is 6.08 Å². The van der Waals surface area contributed by atoms with E-state index in [0.29, 0.717) is 17.9 Å². The molecule has 1 aliphatic rings. The molecule has 0 aromatic carbocycles. The van der Waals surface area contributed by atoms with Gasteiger partial charge in [0.25, 0.3) is 0 Å². The molecule has 0 unspecified atom stereocenters. The molecule has 1 rings (SSSR count). The number of halogens is 1. The third-order valence-corrected chi connectivity index (χ3v) is 2.66. The van der Waals surface area contributed by atoms with Crippen molar-refractivity contribution in [2.45, 2.75) is 25.9 Å². The van der Waals surface area contributed by atoms with E-state index >= 15 is 0 Å². The standard InChI is InChI=1S/C11H18ClNO/c1-2-10(4-3-5-12)14-11-6-9(7-11)8-13/h2-4,9,11H,5-8,13H2,1H3/b4-3-,10-2+/t9-,11-. The van der Waals surface area contributed by atoms with Crippen LogP contribution in [0.4, 0.5) is 0 Å². The molecule has 1 saturated carbocycles. The second-order valence-electron chi connectivity index (χ2n) is 3.56.